The van der Waals surface area contributed by atoms with Gasteiger partial charge in [-0.3, -0.25) is 0 Å². The Balaban J connectivity index is 2.31. The van der Waals surface area contributed by atoms with Crippen LogP contribution in [0.25, 0.3) is 0 Å². The fourth-order valence-electron chi connectivity index (χ4n) is 2.41. The summed E-state index contributed by atoms with van der Waals surface area (Å²) in [7, 11) is 1.45. The van der Waals surface area contributed by atoms with E-state index in [1.165, 1.54) is 12.1 Å². The van der Waals surface area contributed by atoms with Crippen LogP contribution in [-0.4, -0.2) is 22.8 Å². The molecule has 0 radical (unpaired) electrons. The summed E-state index contributed by atoms with van der Waals surface area (Å²) < 4.78 is 37.2. The molecule has 1 aromatic carbocycles. The summed E-state index contributed by atoms with van der Waals surface area (Å²) in [5.74, 6) is -1.01. The van der Waals surface area contributed by atoms with Gasteiger partial charge in [0, 0.05) is 20.3 Å². The highest BCUT2D eigenvalue weighted by atomic mass is 28.4. The van der Waals surface area contributed by atoms with Crippen LogP contribution in [0, 0.1) is 11.6 Å². The van der Waals surface area contributed by atoms with Crippen molar-refractivity contribution in [2.24, 2.45) is 0 Å². The average molecular weight is 302 g/mol. The first-order valence-electron chi connectivity index (χ1n) is 7.10. The Morgan fingerprint density at radius 2 is 1.55 bits per heavy atom. The van der Waals surface area contributed by atoms with Crippen molar-refractivity contribution in [3.05, 3.63) is 35.4 Å². The highest BCUT2D eigenvalue weighted by Crippen LogP contribution is 2.21. The van der Waals surface area contributed by atoms with E-state index in [2.05, 4.69) is 6.92 Å². The standard InChI is InChI=1S/C15H24F2O2Si/c1-4-20(18-2,19-3)9-7-5-6-8-13-10-14(16)12-15(17)11-13/h10-12H,4-9H2,1-3H3. The van der Waals surface area contributed by atoms with Crippen molar-refractivity contribution in [2.75, 3.05) is 14.2 Å². The molecule has 0 heterocycles. The van der Waals surface area contributed by atoms with Crippen LogP contribution in [0.2, 0.25) is 12.1 Å². The molecule has 0 aliphatic carbocycles. The highest BCUT2D eigenvalue weighted by molar-refractivity contribution is 6.67. The molecular weight excluding hydrogens is 278 g/mol. The normalized spacial score (nSPS) is 11.8. The third-order valence-electron chi connectivity index (χ3n) is 3.73. The van der Waals surface area contributed by atoms with Gasteiger partial charge < -0.3 is 8.85 Å². The molecular formula is C15H24F2O2Si. The highest BCUT2D eigenvalue weighted by Gasteiger charge is 2.32. The van der Waals surface area contributed by atoms with Gasteiger partial charge in [0.1, 0.15) is 11.6 Å². The molecule has 0 saturated carbocycles. The predicted molar refractivity (Wildman–Crippen MR) is 79.0 cm³/mol. The molecule has 0 saturated heterocycles. The van der Waals surface area contributed by atoms with Crippen molar-refractivity contribution in [3.63, 3.8) is 0 Å². The van der Waals surface area contributed by atoms with E-state index < -0.39 is 20.2 Å². The van der Waals surface area contributed by atoms with Crippen LogP contribution >= 0.6 is 0 Å². The SMILES string of the molecule is CC[Si](CCCCCc1cc(F)cc(F)c1)(OC)OC. The molecule has 0 amide bonds. The largest absolute Gasteiger partial charge is 0.398 e. The second-order valence-electron chi connectivity index (χ2n) is 5.01. The van der Waals surface area contributed by atoms with Gasteiger partial charge in [-0.1, -0.05) is 19.8 Å². The van der Waals surface area contributed by atoms with Gasteiger partial charge in [-0.05, 0) is 42.6 Å². The molecule has 1 rings (SSSR count). The summed E-state index contributed by atoms with van der Waals surface area (Å²) in [6.45, 7) is 2.09. The smallest absolute Gasteiger partial charge is 0.337 e. The van der Waals surface area contributed by atoms with E-state index in [-0.39, 0.29) is 0 Å². The predicted octanol–water partition coefficient (Wildman–Crippen LogP) is 4.43. The van der Waals surface area contributed by atoms with E-state index in [0.29, 0.717) is 6.42 Å². The molecule has 0 aliphatic rings. The first-order chi connectivity index (χ1) is 9.55. The fraction of sp³-hybridized carbons (Fsp3) is 0.600. The zero-order chi connectivity index (χ0) is 15.0. The lowest BCUT2D eigenvalue weighted by atomic mass is 10.1. The third-order valence-corrected chi connectivity index (χ3v) is 7.41. The lowest BCUT2D eigenvalue weighted by Crippen LogP contribution is -2.38. The average Bonchev–Trinajstić information content (AvgIpc) is 2.42. The van der Waals surface area contributed by atoms with Crippen molar-refractivity contribution < 1.29 is 17.6 Å². The number of aryl methyl sites for hydroxylation is 1. The van der Waals surface area contributed by atoms with E-state index in [9.17, 15) is 8.78 Å². The summed E-state index contributed by atoms with van der Waals surface area (Å²) in [5, 5.41) is 0. The number of unbranched alkanes of at least 4 members (excludes halogenated alkanes) is 2. The molecule has 114 valence electrons. The summed E-state index contributed by atoms with van der Waals surface area (Å²) in [6.07, 6.45) is 3.67. The van der Waals surface area contributed by atoms with Crippen LogP contribution in [-0.2, 0) is 15.3 Å². The summed E-state index contributed by atoms with van der Waals surface area (Å²) in [6, 6.07) is 5.61. The minimum absolute atomic E-state index is 0.504. The number of hydrogen-bond acceptors (Lipinski definition) is 2. The van der Waals surface area contributed by atoms with E-state index in [0.717, 1.165) is 43.0 Å². The molecule has 1 aromatic rings. The zero-order valence-electron chi connectivity index (χ0n) is 12.5. The third kappa shape index (κ3) is 5.30. The molecule has 0 bridgehead atoms. The van der Waals surface area contributed by atoms with Crippen LogP contribution < -0.4 is 0 Å². The summed E-state index contributed by atoms with van der Waals surface area (Å²) in [4.78, 5) is 0. The second kappa shape index (κ2) is 8.49. The molecule has 0 N–H and O–H groups in total. The molecule has 0 spiro atoms. The number of halogens is 2. The quantitative estimate of drug-likeness (QED) is 0.496. The van der Waals surface area contributed by atoms with Crippen molar-refractivity contribution >= 4 is 8.56 Å². The van der Waals surface area contributed by atoms with Crippen LogP contribution in [0.5, 0.6) is 0 Å². The van der Waals surface area contributed by atoms with Crippen molar-refractivity contribution in [3.8, 4) is 0 Å². The van der Waals surface area contributed by atoms with E-state index in [4.69, 9.17) is 8.85 Å². The maximum Gasteiger partial charge on any atom is 0.337 e. The lowest BCUT2D eigenvalue weighted by Gasteiger charge is -2.25. The molecule has 0 aliphatic heterocycles. The Bertz CT molecular complexity index is 380. The molecule has 0 aromatic heterocycles. The molecule has 0 fully saturated rings. The van der Waals surface area contributed by atoms with Crippen LogP contribution in [0.1, 0.15) is 31.7 Å². The minimum Gasteiger partial charge on any atom is -0.398 e. The monoisotopic (exact) mass is 302 g/mol. The van der Waals surface area contributed by atoms with Crippen LogP contribution in [0.15, 0.2) is 18.2 Å². The lowest BCUT2D eigenvalue weighted by molar-refractivity contribution is 0.241. The molecule has 5 heteroatoms. The maximum atomic E-state index is 13.0. The summed E-state index contributed by atoms with van der Waals surface area (Å²) in [5.41, 5.74) is 0.722. The van der Waals surface area contributed by atoms with Gasteiger partial charge >= 0.3 is 8.56 Å². The van der Waals surface area contributed by atoms with Crippen molar-refractivity contribution in [1.82, 2.24) is 0 Å². The Hall–Kier alpha value is -0.783. The second-order valence-corrected chi connectivity index (χ2v) is 8.86. The van der Waals surface area contributed by atoms with Gasteiger partial charge in [0.05, 0.1) is 0 Å². The van der Waals surface area contributed by atoms with Gasteiger partial charge in [-0.2, -0.15) is 0 Å². The minimum atomic E-state index is -1.98. The van der Waals surface area contributed by atoms with E-state index in [1.54, 1.807) is 14.2 Å². The molecule has 2 nitrogen and oxygen atoms in total. The van der Waals surface area contributed by atoms with Crippen molar-refractivity contribution in [2.45, 2.75) is 44.7 Å². The van der Waals surface area contributed by atoms with Crippen LogP contribution in [0.3, 0.4) is 0 Å². The molecule has 0 unspecified atom stereocenters. The van der Waals surface area contributed by atoms with Crippen molar-refractivity contribution in [1.29, 1.82) is 0 Å². The van der Waals surface area contributed by atoms with Crippen LogP contribution in [0.4, 0.5) is 8.78 Å². The number of hydrogen-bond donors (Lipinski definition) is 0. The molecule has 0 atom stereocenters. The summed E-state index contributed by atoms with van der Waals surface area (Å²) >= 11 is 0. The van der Waals surface area contributed by atoms with Gasteiger partial charge in [0.15, 0.2) is 0 Å². The number of benzene rings is 1. The van der Waals surface area contributed by atoms with Gasteiger partial charge in [-0.25, -0.2) is 8.78 Å². The van der Waals surface area contributed by atoms with E-state index in [1.807, 2.05) is 0 Å². The first-order valence-corrected chi connectivity index (χ1v) is 9.33. The Labute approximate surface area is 121 Å². The molecule has 20 heavy (non-hydrogen) atoms. The zero-order valence-corrected chi connectivity index (χ0v) is 13.5. The number of rotatable bonds is 9. The van der Waals surface area contributed by atoms with Gasteiger partial charge in [0.2, 0.25) is 0 Å². The van der Waals surface area contributed by atoms with Gasteiger partial charge in [0.25, 0.3) is 0 Å². The maximum absolute atomic E-state index is 13.0. The Kier molecular flexibility index (Phi) is 7.33. The Morgan fingerprint density at radius 1 is 0.950 bits per heavy atom. The Morgan fingerprint density at radius 3 is 2.05 bits per heavy atom. The van der Waals surface area contributed by atoms with E-state index >= 15 is 0 Å². The topological polar surface area (TPSA) is 18.5 Å². The fourth-order valence-corrected chi connectivity index (χ4v) is 4.70. The first kappa shape index (κ1) is 17.3. The van der Waals surface area contributed by atoms with Gasteiger partial charge in [-0.15, -0.1) is 0 Å².